The molecule has 114 valence electrons. The molecule has 0 spiro atoms. The number of urea groups is 1. The second-order valence-corrected chi connectivity index (χ2v) is 5.80. The number of ether oxygens (including phenoxy) is 1. The topological polar surface area (TPSA) is 105 Å². The molecule has 7 heteroatoms. The highest BCUT2D eigenvalue weighted by atomic mass is 16.5. The van der Waals surface area contributed by atoms with Gasteiger partial charge in [0.05, 0.1) is 12.5 Å². The van der Waals surface area contributed by atoms with E-state index >= 15 is 0 Å². The van der Waals surface area contributed by atoms with E-state index in [1.807, 2.05) is 0 Å². The Morgan fingerprint density at radius 2 is 2.00 bits per heavy atom. The number of hydrogen-bond donors (Lipinski definition) is 3. The molecule has 0 bridgehead atoms. The van der Waals surface area contributed by atoms with Crippen molar-refractivity contribution in [3.63, 3.8) is 0 Å². The zero-order valence-corrected chi connectivity index (χ0v) is 11.9. The highest BCUT2D eigenvalue weighted by Gasteiger charge is 2.26. The molecule has 3 N–H and O–H groups in total. The summed E-state index contributed by atoms with van der Waals surface area (Å²) in [5.74, 6) is -1.45. The lowest BCUT2D eigenvalue weighted by atomic mass is 9.85. The minimum atomic E-state index is -0.967. The van der Waals surface area contributed by atoms with Crippen LogP contribution in [0.1, 0.15) is 39.5 Å². The first-order valence-electron chi connectivity index (χ1n) is 6.69. The fraction of sp³-hybridized carbons (Fsp3) is 0.769. The SMILES string of the molecule is CC(C)(CC(=O)O)CC(=O)NC(=O)NCC1CCCO1. The Bertz CT molecular complexity index is 375. The summed E-state index contributed by atoms with van der Waals surface area (Å²) in [7, 11) is 0. The number of aliphatic carboxylic acids is 1. The van der Waals surface area contributed by atoms with Gasteiger partial charge in [-0.2, -0.15) is 0 Å². The highest BCUT2D eigenvalue weighted by Crippen LogP contribution is 2.24. The minimum Gasteiger partial charge on any atom is -0.481 e. The van der Waals surface area contributed by atoms with Crippen molar-refractivity contribution in [3.05, 3.63) is 0 Å². The smallest absolute Gasteiger partial charge is 0.321 e. The van der Waals surface area contributed by atoms with Crippen LogP contribution in [0, 0.1) is 5.41 Å². The molecule has 1 heterocycles. The van der Waals surface area contributed by atoms with Gasteiger partial charge in [-0.15, -0.1) is 0 Å². The molecule has 1 aliphatic heterocycles. The maximum Gasteiger partial charge on any atom is 0.321 e. The number of carbonyl (C=O) groups excluding carboxylic acids is 2. The first-order chi connectivity index (χ1) is 9.28. The molecule has 0 aromatic heterocycles. The molecule has 0 saturated carbocycles. The molecule has 0 aromatic rings. The number of hydrogen-bond acceptors (Lipinski definition) is 4. The molecule has 20 heavy (non-hydrogen) atoms. The molecule has 3 amide bonds. The third-order valence-corrected chi connectivity index (χ3v) is 3.04. The maximum atomic E-state index is 11.7. The van der Waals surface area contributed by atoms with E-state index in [4.69, 9.17) is 9.84 Å². The lowest BCUT2D eigenvalue weighted by molar-refractivity contribution is -0.139. The Kier molecular flexibility index (Phi) is 5.94. The summed E-state index contributed by atoms with van der Waals surface area (Å²) in [6.07, 6.45) is 1.75. The van der Waals surface area contributed by atoms with Gasteiger partial charge in [-0.05, 0) is 18.3 Å². The van der Waals surface area contributed by atoms with E-state index in [2.05, 4.69) is 10.6 Å². The van der Waals surface area contributed by atoms with E-state index in [-0.39, 0.29) is 18.9 Å². The van der Waals surface area contributed by atoms with Gasteiger partial charge in [-0.1, -0.05) is 13.8 Å². The van der Waals surface area contributed by atoms with E-state index in [1.54, 1.807) is 13.8 Å². The van der Waals surface area contributed by atoms with Crippen molar-refractivity contribution in [2.24, 2.45) is 5.41 Å². The van der Waals surface area contributed by atoms with Crippen LogP contribution in [0.4, 0.5) is 4.79 Å². The summed E-state index contributed by atoms with van der Waals surface area (Å²) in [5, 5.41) is 13.5. The van der Waals surface area contributed by atoms with E-state index in [9.17, 15) is 14.4 Å². The zero-order valence-electron chi connectivity index (χ0n) is 11.9. The fourth-order valence-electron chi connectivity index (χ4n) is 2.13. The highest BCUT2D eigenvalue weighted by molar-refractivity contribution is 5.94. The van der Waals surface area contributed by atoms with Crippen molar-refractivity contribution in [2.75, 3.05) is 13.2 Å². The van der Waals surface area contributed by atoms with Crippen LogP contribution in [-0.4, -0.2) is 42.3 Å². The standard InChI is InChI=1S/C13H22N2O5/c1-13(2,7-11(17)18)6-10(16)15-12(19)14-8-9-4-3-5-20-9/h9H,3-8H2,1-2H3,(H,17,18)(H2,14,15,16,19). The Morgan fingerprint density at radius 1 is 1.30 bits per heavy atom. The van der Waals surface area contributed by atoms with Crippen molar-refractivity contribution < 1.29 is 24.2 Å². The molecular formula is C13H22N2O5. The van der Waals surface area contributed by atoms with Crippen LogP contribution in [0.3, 0.4) is 0 Å². The second kappa shape index (κ2) is 7.23. The van der Waals surface area contributed by atoms with Crippen LogP contribution in [0.2, 0.25) is 0 Å². The summed E-state index contributed by atoms with van der Waals surface area (Å²) in [6, 6.07) is -0.573. The first-order valence-corrected chi connectivity index (χ1v) is 6.69. The largest absolute Gasteiger partial charge is 0.481 e. The number of carboxylic acids is 1. The van der Waals surface area contributed by atoms with E-state index in [1.165, 1.54) is 0 Å². The van der Waals surface area contributed by atoms with Gasteiger partial charge in [0.25, 0.3) is 0 Å². The van der Waals surface area contributed by atoms with Crippen molar-refractivity contribution in [1.82, 2.24) is 10.6 Å². The van der Waals surface area contributed by atoms with E-state index < -0.39 is 23.3 Å². The third-order valence-electron chi connectivity index (χ3n) is 3.04. The average molecular weight is 286 g/mol. The first kappa shape index (κ1) is 16.4. The number of imide groups is 1. The van der Waals surface area contributed by atoms with Crippen molar-refractivity contribution in [1.29, 1.82) is 0 Å². The molecule has 1 atom stereocenters. The maximum absolute atomic E-state index is 11.7. The van der Waals surface area contributed by atoms with Gasteiger partial charge in [-0.3, -0.25) is 14.9 Å². The molecule has 7 nitrogen and oxygen atoms in total. The number of nitrogens with one attached hydrogen (secondary N) is 2. The van der Waals surface area contributed by atoms with Gasteiger partial charge in [0.1, 0.15) is 0 Å². The van der Waals surface area contributed by atoms with Crippen LogP contribution in [0.5, 0.6) is 0 Å². The van der Waals surface area contributed by atoms with Crippen LogP contribution < -0.4 is 10.6 Å². The molecule has 1 aliphatic rings. The number of rotatable bonds is 6. The Balaban J connectivity index is 2.26. The summed E-state index contributed by atoms with van der Waals surface area (Å²) < 4.78 is 5.34. The van der Waals surface area contributed by atoms with E-state index in [0.717, 1.165) is 12.8 Å². The lowest BCUT2D eigenvalue weighted by Crippen LogP contribution is -2.43. The quantitative estimate of drug-likeness (QED) is 0.672. The molecule has 1 rings (SSSR count). The predicted molar refractivity (Wildman–Crippen MR) is 71.2 cm³/mol. The lowest BCUT2D eigenvalue weighted by Gasteiger charge is -2.21. The fourth-order valence-corrected chi connectivity index (χ4v) is 2.13. The van der Waals surface area contributed by atoms with Crippen molar-refractivity contribution >= 4 is 17.9 Å². The minimum absolute atomic E-state index is 0.0132. The van der Waals surface area contributed by atoms with Gasteiger partial charge in [-0.25, -0.2) is 4.79 Å². The predicted octanol–water partition coefficient (Wildman–Crippen LogP) is 0.882. The Labute approximate surface area is 118 Å². The zero-order chi connectivity index (χ0) is 15.2. The Hall–Kier alpha value is -1.63. The summed E-state index contributed by atoms with van der Waals surface area (Å²) in [4.78, 5) is 33.8. The van der Waals surface area contributed by atoms with Gasteiger partial charge in [0, 0.05) is 19.6 Å². The molecule has 0 radical (unpaired) electrons. The van der Waals surface area contributed by atoms with Gasteiger partial charge in [0.15, 0.2) is 0 Å². The number of carboxylic acid groups (broad SMARTS) is 1. The normalized spacial score (nSPS) is 18.6. The van der Waals surface area contributed by atoms with Crippen LogP contribution >= 0.6 is 0 Å². The monoisotopic (exact) mass is 286 g/mol. The molecule has 0 aromatic carbocycles. The van der Waals surface area contributed by atoms with Crippen molar-refractivity contribution in [2.45, 2.75) is 45.6 Å². The second-order valence-electron chi connectivity index (χ2n) is 5.80. The number of carbonyl (C=O) groups is 3. The summed E-state index contributed by atoms with van der Waals surface area (Å²) >= 11 is 0. The van der Waals surface area contributed by atoms with Crippen LogP contribution in [0.15, 0.2) is 0 Å². The third kappa shape index (κ3) is 6.51. The van der Waals surface area contributed by atoms with Crippen LogP contribution in [0.25, 0.3) is 0 Å². The van der Waals surface area contributed by atoms with Gasteiger partial charge in [0.2, 0.25) is 5.91 Å². The van der Waals surface area contributed by atoms with Gasteiger partial charge >= 0.3 is 12.0 Å². The van der Waals surface area contributed by atoms with E-state index in [0.29, 0.717) is 13.2 Å². The molecule has 0 aliphatic carbocycles. The average Bonchev–Trinajstić information content (AvgIpc) is 2.75. The molecule has 1 fully saturated rings. The molecule has 1 unspecified atom stereocenters. The summed E-state index contributed by atoms with van der Waals surface area (Å²) in [5.41, 5.74) is -0.690. The summed E-state index contributed by atoms with van der Waals surface area (Å²) in [6.45, 7) is 4.42. The molecular weight excluding hydrogens is 264 g/mol. The molecule has 1 saturated heterocycles. The van der Waals surface area contributed by atoms with Crippen molar-refractivity contribution in [3.8, 4) is 0 Å². The number of amides is 3. The Morgan fingerprint density at radius 3 is 2.55 bits per heavy atom. The van der Waals surface area contributed by atoms with Crippen LogP contribution in [-0.2, 0) is 14.3 Å². The van der Waals surface area contributed by atoms with Gasteiger partial charge < -0.3 is 15.2 Å².